The molecular weight excluding hydrogens is 873 g/mol. The van der Waals surface area contributed by atoms with E-state index in [1.54, 1.807) is 0 Å². The summed E-state index contributed by atoms with van der Waals surface area (Å²) < 4.78 is 8.40. The maximum Gasteiger partial charge on any atom is 0.119 e. The van der Waals surface area contributed by atoms with Crippen LogP contribution in [0.4, 0.5) is 17.1 Å². The highest BCUT2D eigenvalue weighted by Crippen LogP contribution is 2.51. The van der Waals surface area contributed by atoms with Gasteiger partial charge >= 0.3 is 0 Å². The predicted octanol–water partition coefficient (Wildman–Crippen LogP) is 18.6. The number of unbranched alkanes of at least 4 members (excludes halogenated alkanes) is 1. The number of para-hydroxylation sites is 1. The van der Waals surface area contributed by atoms with Gasteiger partial charge in [0.25, 0.3) is 0 Å². The molecule has 0 unspecified atom stereocenters. The molecule has 11 aromatic rings. The van der Waals surface area contributed by atoms with Crippen LogP contribution >= 0.6 is 0 Å². The summed E-state index contributed by atoms with van der Waals surface area (Å²) in [7, 11) is 0. The number of nitrogens with zero attached hydrogens (tertiary/aromatic N) is 2. The van der Waals surface area contributed by atoms with Crippen molar-refractivity contribution >= 4 is 44.9 Å². The summed E-state index contributed by atoms with van der Waals surface area (Å²) in [6.07, 6.45) is 4.95. The minimum atomic E-state index is -0.112. The molecule has 1 heterocycles. The van der Waals surface area contributed by atoms with Gasteiger partial charge in [-0.05, 0) is 171 Å². The number of fused-ring (bicyclic) bond motifs is 6. The quantitative estimate of drug-likeness (QED) is 0.101. The molecule has 12 rings (SSSR count). The highest BCUT2D eigenvalue weighted by molar-refractivity contribution is 6.11. The molecule has 0 N–H and O–H groups in total. The molecule has 0 bridgehead atoms. The number of aryl methyl sites for hydroxylation is 1. The molecule has 1 aliphatic rings. The Morgan fingerprint density at radius 2 is 0.972 bits per heavy atom. The van der Waals surface area contributed by atoms with Crippen LogP contribution < -0.4 is 9.64 Å². The van der Waals surface area contributed by atoms with Crippen molar-refractivity contribution in [3.63, 3.8) is 0 Å². The second kappa shape index (κ2) is 18.9. The standard InChI is InChI=1S/C69H56N2O/c1-4-48-24-39-60(40-25-48)72-44-14-13-15-49-22-26-52(27-23-49)54-32-42-67-63(45-54)64-46-55(33-43-68(64)71(67)56-18-9-6-10-19-56)53-30-36-58(37-31-53)70(57-34-28-51(29-35-57)50-16-7-5-8-17-50)59-38-41-62-61-20-11-12-21-65(61)69(2,3)66(62)47-59/h4-12,16-43,45-47H,1,13-15,44H2,2-3H3. The van der Waals surface area contributed by atoms with Gasteiger partial charge in [0.15, 0.2) is 0 Å². The molecule has 0 aliphatic heterocycles. The fourth-order valence-electron chi connectivity index (χ4n) is 10.9. The highest BCUT2D eigenvalue weighted by atomic mass is 16.5. The van der Waals surface area contributed by atoms with Crippen LogP contribution in [0, 0.1) is 0 Å². The summed E-state index contributed by atoms with van der Waals surface area (Å²) in [6.45, 7) is 9.26. The van der Waals surface area contributed by atoms with Crippen LogP contribution in [0.2, 0.25) is 0 Å². The van der Waals surface area contributed by atoms with Crippen molar-refractivity contribution in [2.45, 2.75) is 38.5 Å². The summed E-state index contributed by atoms with van der Waals surface area (Å²) in [4.78, 5) is 2.41. The van der Waals surface area contributed by atoms with Crippen molar-refractivity contribution in [2.24, 2.45) is 0 Å². The monoisotopic (exact) mass is 928 g/mol. The predicted molar refractivity (Wildman–Crippen MR) is 304 cm³/mol. The van der Waals surface area contributed by atoms with Crippen molar-refractivity contribution in [2.75, 3.05) is 11.5 Å². The van der Waals surface area contributed by atoms with E-state index in [9.17, 15) is 0 Å². The van der Waals surface area contributed by atoms with Crippen molar-refractivity contribution in [1.29, 1.82) is 0 Å². The van der Waals surface area contributed by atoms with Crippen molar-refractivity contribution < 1.29 is 4.74 Å². The van der Waals surface area contributed by atoms with Crippen LogP contribution in [-0.4, -0.2) is 11.2 Å². The number of aromatic nitrogens is 1. The molecule has 72 heavy (non-hydrogen) atoms. The Labute approximate surface area is 423 Å². The van der Waals surface area contributed by atoms with Crippen molar-refractivity contribution in [3.8, 4) is 55.9 Å². The van der Waals surface area contributed by atoms with E-state index in [0.29, 0.717) is 6.61 Å². The lowest BCUT2D eigenvalue weighted by Gasteiger charge is -2.28. The van der Waals surface area contributed by atoms with Gasteiger partial charge < -0.3 is 14.2 Å². The first-order valence-electron chi connectivity index (χ1n) is 25.3. The topological polar surface area (TPSA) is 17.4 Å². The summed E-state index contributed by atoms with van der Waals surface area (Å²) in [6, 6.07) is 86.5. The molecule has 1 aromatic heterocycles. The van der Waals surface area contributed by atoms with Crippen LogP contribution in [-0.2, 0) is 11.8 Å². The van der Waals surface area contributed by atoms with Gasteiger partial charge in [-0.2, -0.15) is 0 Å². The van der Waals surface area contributed by atoms with Gasteiger partial charge in [-0.15, -0.1) is 0 Å². The van der Waals surface area contributed by atoms with E-state index in [1.165, 1.54) is 83.0 Å². The molecule has 3 nitrogen and oxygen atoms in total. The molecule has 0 spiro atoms. The first kappa shape index (κ1) is 44.5. The molecule has 0 amide bonds. The number of rotatable bonds is 14. The molecule has 1 aliphatic carbocycles. The molecule has 0 atom stereocenters. The third-order valence-electron chi connectivity index (χ3n) is 14.8. The van der Waals surface area contributed by atoms with Crippen LogP contribution in [0.1, 0.15) is 48.9 Å². The normalized spacial score (nSPS) is 12.4. The number of benzene rings is 10. The fraction of sp³-hybridized carbons (Fsp3) is 0.101. The Morgan fingerprint density at radius 1 is 0.458 bits per heavy atom. The molecule has 0 radical (unpaired) electrons. The Balaban J connectivity index is 0.857. The maximum atomic E-state index is 5.99. The number of hydrogen-bond acceptors (Lipinski definition) is 2. The summed E-state index contributed by atoms with van der Waals surface area (Å²) in [5.41, 5.74) is 21.8. The molecule has 348 valence electrons. The van der Waals surface area contributed by atoms with Gasteiger partial charge in [-0.3, -0.25) is 0 Å². The minimum Gasteiger partial charge on any atom is -0.494 e. The van der Waals surface area contributed by atoms with Crippen molar-refractivity contribution in [3.05, 3.63) is 265 Å². The second-order valence-corrected chi connectivity index (χ2v) is 19.6. The van der Waals surface area contributed by atoms with Crippen molar-refractivity contribution in [1.82, 2.24) is 4.57 Å². The molecule has 0 saturated heterocycles. The highest BCUT2D eigenvalue weighted by Gasteiger charge is 2.35. The maximum absolute atomic E-state index is 5.99. The Kier molecular flexibility index (Phi) is 11.7. The third-order valence-corrected chi connectivity index (χ3v) is 14.8. The Bertz CT molecular complexity index is 3720. The lowest BCUT2D eigenvalue weighted by atomic mass is 9.82. The second-order valence-electron chi connectivity index (χ2n) is 19.6. The van der Waals surface area contributed by atoms with Gasteiger partial charge in [0.05, 0.1) is 17.6 Å². The largest absolute Gasteiger partial charge is 0.494 e. The first-order valence-corrected chi connectivity index (χ1v) is 25.3. The van der Waals surface area contributed by atoms with E-state index < -0.39 is 0 Å². The van der Waals surface area contributed by atoms with Crippen LogP contribution in [0.3, 0.4) is 0 Å². The van der Waals surface area contributed by atoms with E-state index in [1.807, 2.05) is 30.3 Å². The van der Waals surface area contributed by atoms with Gasteiger partial charge in [0.2, 0.25) is 0 Å². The SMILES string of the molecule is C=Cc1ccc(OCCCCc2ccc(-c3ccc4c(c3)c3cc(-c5ccc(N(c6ccc(-c7ccccc7)cc6)c6ccc7c(c6)C(C)(C)c6ccccc6-7)cc5)ccc3n4-c3ccccc3)cc2)cc1. The first-order chi connectivity index (χ1) is 35.4. The van der Waals surface area contributed by atoms with Crippen LogP contribution in [0.25, 0.3) is 78.1 Å². The third kappa shape index (κ3) is 8.37. The van der Waals surface area contributed by atoms with E-state index in [4.69, 9.17) is 4.74 Å². The van der Waals surface area contributed by atoms with Gasteiger partial charge in [-0.1, -0.05) is 178 Å². The zero-order chi connectivity index (χ0) is 48.6. The summed E-state index contributed by atoms with van der Waals surface area (Å²) >= 11 is 0. The van der Waals surface area contributed by atoms with Gasteiger partial charge in [0, 0.05) is 38.9 Å². The number of hydrogen-bond donors (Lipinski definition) is 0. The van der Waals surface area contributed by atoms with E-state index in [-0.39, 0.29) is 5.41 Å². The summed E-state index contributed by atoms with van der Waals surface area (Å²) in [5.74, 6) is 0.908. The summed E-state index contributed by atoms with van der Waals surface area (Å²) in [5, 5.41) is 2.47. The lowest BCUT2D eigenvalue weighted by Crippen LogP contribution is -2.16. The lowest BCUT2D eigenvalue weighted by molar-refractivity contribution is 0.307. The smallest absolute Gasteiger partial charge is 0.119 e. The Morgan fingerprint density at radius 3 is 1.60 bits per heavy atom. The average Bonchev–Trinajstić information content (AvgIpc) is 3.89. The van der Waals surface area contributed by atoms with E-state index >= 15 is 0 Å². The van der Waals surface area contributed by atoms with Crippen LogP contribution in [0.5, 0.6) is 5.75 Å². The molecule has 10 aromatic carbocycles. The number of anilines is 3. The molecule has 0 saturated carbocycles. The average molecular weight is 929 g/mol. The minimum absolute atomic E-state index is 0.112. The zero-order valence-corrected chi connectivity index (χ0v) is 40.9. The Hall–Kier alpha value is -8.66. The van der Waals surface area contributed by atoms with Gasteiger partial charge in [-0.25, -0.2) is 0 Å². The molecule has 0 fully saturated rings. The van der Waals surface area contributed by atoms with E-state index in [0.717, 1.165) is 53.3 Å². The zero-order valence-electron chi connectivity index (χ0n) is 40.9. The molecule has 3 heteroatoms. The van der Waals surface area contributed by atoms with Crippen LogP contribution in [0.15, 0.2) is 243 Å². The van der Waals surface area contributed by atoms with E-state index in [2.05, 4.69) is 242 Å². The fourth-order valence-corrected chi connectivity index (χ4v) is 10.9. The molecular formula is C69H56N2O. The number of ether oxygens (including phenoxy) is 1. The van der Waals surface area contributed by atoms with Gasteiger partial charge in [0.1, 0.15) is 5.75 Å².